The number of hydrogen-bond acceptors (Lipinski definition) is 4. The van der Waals surface area contributed by atoms with Crippen LogP contribution in [0.2, 0.25) is 0 Å². The van der Waals surface area contributed by atoms with Gasteiger partial charge in [-0.1, -0.05) is 13.0 Å². The van der Waals surface area contributed by atoms with Gasteiger partial charge in [-0.25, -0.2) is 8.42 Å². The normalized spacial score (nSPS) is 15.6. The van der Waals surface area contributed by atoms with Crippen LogP contribution in [-0.2, 0) is 16.6 Å². The maximum Gasteiger partial charge on any atom is 0.245 e. The van der Waals surface area contributed by atoms with Crippen LogP contribution in [-0.4, -0.2) is 31.9 Å². The highest BCUT2D eigenvalue weighted by Crippen LogP contribution is 2.37. The number of hydrogen-bond donors (Lipinski definition) is 1. The molecule has 118 valence electrons. The summed E-state index contributed by atoms with van der Waals surface area (Å²) in [4.78, 5) is 1.41. The van der Waals surface area contributed by atoms with Gasteiger partial charge in [0, 0.05) is 24.0 Å². The molecule has 4 nitrogen and oxygen atoms in total. The summed E-state index contributed by atoms with van der Waals surface area (Å²) < 4.78 is 27.9. The fourth-order valence-electron chi connectivity index (χ4n) is 2.11. The van der Waals surface area contributed by atoms with Crippen LogP contribution in [0.3, 0.4) is 0 Å². The second-order valence-electron chi connectivity index (χ2n) is 5.12. The minimum absolute atomic E-state index is 0.140. The highest BCUT2D eigenvalue weighted by molar-refractivity contribution is 9.11. The summed E-state index contributed by atoms with van der Waals surface area (Å²) in [7, 11) is -3.44. The van der Waals surface area contributed by atoms with E-state index in [-0.39, 0.29) is 6.04 Å². The molecule has 1 aliphatic carbocycles. The van der Waals surface area contributed by atoms with Crippen molar-refractivity contribution in [2.24, 2.45) is 0 Å². The van der Waals surface area contributed by atoms with Crippen LogP contribution in [0.1, 0.15) is 31.1 Å². The number of sulfonamides is 1. The van der Waals surface area contributed by atoms with Gasteiger partial charge in [0.2, 0.25) is 10.0 Å². The van der Waals surface area contributed by atoms with Crippen LogP contribution >= 0.6 is 27.3 Å². The molecule has 0 radical (unpaired) electrons. The Balaban J connectivity index is 2.20. The summed E-state index contributed by atoms with van der Waals surface area (Å²) >= 11 is 4.89. The van der Waals surface area contributed by atoms with E-state index in [9.17, 15) is 8.42 Å². The fourth-order valence-corrected chi connectivity index (χ4v) is 6.37. The molecule has 21 heavy (non-hydrogen) atoms. The van der Waals surface area contributed by atoms with Crippen LogP contribution in [0, 0.1) is 0 Å². The Morgan fingerprint density at radius 1 is 1.57 bits per heavy atom. The summed E-state index contributed by atoms with van der Waals surface area (Å²) in [5, 5.41) is 3.30. The maximum absolute atomic E-state index is 12.8. The maximum atomic E-state index is 12.8. The molecule has 1 aromatic rings. The number of halogens is 1. The van der Waals surface area contributed by atoms with E-state index in [4.69, 9.17) is 0 Å². The number of thiophene rings is 1. The van der Waals surface area contributed by atoms with E-state index in [0.29, 0.717) is 21.8 Å². The lowest BCUT2D eigenvalue weighted by Crippen LogP contribution is -2.33. The van der Waals surface area contributed by atoms with E-state index >= 15 is 0 Å². The predicted molar refractivity (Wildman–Crippen MR) is 91.1 cm³/mol. The van der Waals surface area contributed by atoms with Crippen molar-refractivity contribution in [2.75, 3.05) is 13.1 Å². The average molecular weight is 393 g/mol. The summed E-state index contributed by atoms with van der Waals surface area (Å²) in [5.74, 6) is 0. The van der Waals surface area contributed by atoms with E-state index in [2.05, 4.69) is 34.7 Å². The standard InChI is InChI=1S/C14H21BrN2O2S2/c1-3-7-16-10-12-9-13(14(15)20-12)21(18,19)17(8-4-2)11-5-6-11/h4,9,11,16H,2-3,5-8,10H2,1H3. The number of nitrogens with one attached hydrogen (secondary N) is 1. The highest BCUT2D eigenvalue weighted by atomic mass is 79.9. The van der Waals surface area contributed by atoms with Crippen LogP contribution < -0.4 is 5.32 Å². The SMILES string of the molecule is C=CCN(C1CC1)S(=O)(=O)c1cc(CNCCC)sc1Br. The zero-order valence-electron chi connectivity index (χ0n) is 12.1. The molecule has 7 heteroatoms. The third-order valence-electron chi connectivity index (χ3n) is 3.28. The Morgan fingerprint density at radius 2 is 2.29 bits per heavy atom. The molecule has 0 aromatic carbocycles. The molecule has 1 fully saturated rings. The first kappa shape index (κ1) is 17.1. The van der Waals surface area contributed by atoms with Crippen molar-refractivity contribution in [3.05, 3.63) is 27.4 Å². The summed E-state index contributed by atoms with van der Waals surface area (Å²) in [6, 6.07) is 1.92. The minimum Gasteiger partial charge on any atom is -0.312 e. The predicted octanol–water partition coefficient (Wildman–Crippen LogP) is 3.35. The zero-order chi connectivity index (χ0) is 15.5. The summed E-state index contributed by atoms with van der Waals surface area (Å²) in [6.07, 6.45) is 4.60. The van der Waals surface area contributed by atoms with E-state index < -0.39 is 10.0 Å². The topological polar surface area (TPSA) is 49.4 Å². The third kappa shape index (κ3) is 4.16. The van der Waals surface area contributed by atoms with Gasteiger partial charge in [-0.15, -0.1) is 17.9 Å². The van der Waals surface area contributed by atoms with Crippen molar-refractivity contribution in [2.45, 2.75) is 43.7 Å². The molecule has 1 saturated carbocycles. The fraction of sp³-hybridized carbons (Fsp3) is 0.571. The third-order valence-corrected chi connectivity index (χ3v) is 7.45. The van der Waals surface area contributed by atoms with Crippen LogP contribution in [0.5, 0.6) is 0 Å². The number of nitrogens with zero attached hydrogens (tertiary/aromatic N) is 1. The van der Waals surface area contributed by atoms with E-state index in [1.54, 1.807) is 16.4 Å². The monoisotopic (exact) mass is 392 g/mol. The van der Waals surface area contributed by atoms with Gasteiger partial charge >= 0.3 is 0 Å². The Hall–Kier alpha value is -0.210. The molecule has 1 aromatic heterocycles. The second kappa shape index (κ2) is 7.37. The first-order valence-corrected chi connectivity index (χ1v) is 10.2. The van der Waals surface area contributed by atoms with Crippen molar-refractivity contribution in [3.63, 3.8) is 0 Å². The van der Waals surface area contributed by atoms with Crippen molar-refractivity contribution in [3.8, 4) is 0 Å². The van der Waals surface area contributed by atoms with Crippen LogP contribution in [0.4, 0.5) is 0 Å². The lowest BCUT2D eigenvalue weighted by Gasteiger charge is -2.19. The lowest BCUT2D eigenvalue weighted by molar-refractivity contribution is 0.436. The Kier molecular flexibility index (Phi) is 6.02. The van der Waals surface area contributed by atoms with Gasteiger partial charge in [-0.05, 0) is 47.8 Å². The molecule has 1 heterocycles. The minimum atomic E-state index is -3.44. The molecular formula is C14H21BrN2O2S2. The molecule has 0 spiro atoms. The average Bonchev–Trinajstić information content (AvgIpc) is 3.19. The molecule has 0 unspecified atom stereocenters. The molecule has 0 amide bonds. The first-order valence-electron chi connectivity index (χ1n) is 7.12. The van der Waals surface area contributed by atoms with E-state index in [1.165, 1.54) is 11.3 Å². The molecule has 0 saturated heterocycles. The van der Waals surface area contributed by atoms with Crippen LogP contribution in [0.15, 0.2) is 27.4 Å². The highest BCUT2D eigenvalue weighted by Gasteiger charge is 2.38. The Bertz CT molecular complexity index is 594. The smallest absolute Gasteiger partial charge is 0.245 e. The quantitative estimate of drug-likeness (QED) is 0.517. The van der Waals surface area contributed by atoms with Crippen molar-refractivity contribution >= 4 is 37.3 Å². The van der Waals surface area contributed by atoms with Gasteiger partial charge in [0.15, 0.2) is 0 Å². The summed E-state index contributed by atoms with van der Waals surface area (Å²) in [6.45, 7) is 7.79. The first-order chi connectivity index (χ1) is 10.0. The van der Waals surface area contributed by atoms with Gasteiger partial charge < -0.3 is 5.32 Å². The molecule has 1 N–H and O–H groups in total. The second-order valence-corrected chi connectivity index (χ2v) is 9.44. The molecule has 0 aliphatic heterocycles. The van der Waals surface area contributed by atoms with Gasteiger partial charge in [-0.2, -0.15) is 4.31 Å². The van der Waals surface area contributed by atoms with Gasteiger partial charge in [0.25, 0.3) is 0 Å². The number of rotatable bonds is 9. The van der Waals surface area contributed by atoms with E-state index in [1.807, 2.05) is 0 Å². The van der Waals surface area contributed by atoms with Crippen molar-refractivity contribution < 1.29 is 8.42 Å². The molecule has 0 bridgehead atoms. The van der Waals surface area contributed by atoms with Crippen molar-refractivity contribution in [1.82, 2.24) is 9.62 Å². The molecule has 2 rings (SSSR count). The van der Waals surface area contributed by atoms with Gasteiger partial charge in [0.1, 0.15) is 4.90 Å². The Morgan fingerprint density at radius 3 is 2.86 bits per heavy atom. The van der Waals surface area contributed by atoms with Crippen LogP contribution in [0.25, 0.3) is 0 Å². The van der Waals surface area contributed by atoms with Gasteiger partial charge in [-0.3, -0.25) is 0 Å². The van der Waals surface area contributed by atoms with E-state index in [0.717, 1.165) is 30.7 Å². The molecule has 0 atom stereocenters. The summed E-state index contributed by atoms with van der Waals surface area (Å²) in [5.41, 5.74) is 0. The molecule has 1 aliphatic rings. The lowest BCUT2D eigenvalue weighted by atomic mass is 10.4. The largest absolute Gasteiger partial charge is 0.312 e. The Labute approximate surface area is 139 Å². The zero-order valence-corrected chi connectivity index (χ0v) is 15.4. The molecular weight excluding hydrogens is 372 g/mol. The van der Waals surface area contributed by atoms with Gasteiger partial charge in [0.05, 0.1) is 3.79 Å². The van der Waals surface area contributed by atoms with Crippen molar-refractivity contribution in [1.29, 1.82) is 0 Å².